The highest BCUT2D eigenvalue weighted by Gasteiger charge is 2.64. The Hall–Kier alpha value is -1.58. The highest BCUT2D eigenvalue weighted by molar-refractivity contribution is 6.02. The zero-order valence-corrected chi connectivity index (χ0v) is 10.9. The number of ketones is 1. The van der Waals surface area contributed by atoms with Crippen molar-refractivity contribution in [2.24, 2.45) is 11.3 Å². The molecule has 0 aromatic rings. The fourth-order valence-electron chi connectivity index (χ4n) is 2.87. The van der Waals surface area contributed by atoms with E-state index in [2.05, 4.69) is 0 Å². The summed E-state index contributed by atoms with van der Waals surface area (Å²) in [6, 6.07) is 0. The first-order valence-electron chi connectivity index (χ1n) is 6.28. The van der Waals surface area contributed by atoms with Gasteiger partial charge in [-0.1, -0.05) is 6.08 Å². The third kappa shape index (κ3) is 1.59. The van der Waals surface area contributed by atoms with Gasteiger partial charge in [0.05, 0.1) is 0 Å². The molecule has 1 saturated carbocycles. The molecule has 0 radical (unpaired) electrons. The minimum atomic E-state index is -0.508. The highest BCUT2D eigenvalue weighted by atomic mass is 16.6. The van der Waals surface area contributed by atoms with Gasteiger partial charge in [0.15, 0.2) is 5.78 Å². The van der Waals surface area contributed by atoms with Crippen LogP contribution in [0.2, 0.25) is 0 Å². The number of piperidine rings is 1. The van der Waals surface area contributed by atoms with Crippen LogP contribution in [0.25, 0.3) is 0 Å². The number of nitrogens with zero attached hydrogens (tertiary/aromatic N) is 1. The molecule has 0 N–H and O–H groups in total. The van der Waals surface area contributed by atoms with E-state index in [-0.39, 0.29) is 17.3 Å². The number of hydrogen-bond donors (Lipinski definition) is 0. The molecule has 2 atom stereocenters. The fraction of sp³-hybridized carbons (Fsp3) is 0.571. The summed E-state index contributed by atoms with van der Waals surface area (Å²) in [4.78, 5) is 25.2. The summed E-state index contributed by atoms with van der Waals surface area (Å²) in [6.07, 6.45) is 5.85. The number of carbonyl (C=O) groups excluding carboxylic acids is 2. The van der Waals surface area contributed by atoms with E-state index >= 15 is 0 Å². The van der Waals surface area contributed by atoms with Crippen molar-refractivity contribution in [1.82, 2.24) is 4.90 Å². The van der Waals surface area contributed by atoms with Gasteiger partial charge >= 0.3 is 6.09 Å². The molecule has 1 amide bonds. The second-order valence-corrected chi connectivity index (χ2v) is 6.30. The highest BCUT2D eigenvalue weighted by Crippen LogP contribution is 2.65. The standard InChI is InChI=1S/C14H17NO3/c1-13(2,3)18-12(17)15-8-9-7-14(9)5-4-10(16)6-11(14)15/h4-6,9H,7-8H2,1-3H3/t9-,14-/m1/s1. The molecule has 3 rings (SSSR count). The second-order valence-electron chi connectivity index (χ2n) is 6.30. The average Bonchev–Trinajstić information content (AvgIpc) is 2.83. The fourth-order valence-corrected chi connectivity index (χ4v) is 2.87. The molecule has 0 aromatic heterocycles. The molecular weight excluding hydrogens is 230 g/mol. The molecule has 4 nitrogen and oxygen atoms in total. The van der Waals surface area contributed by atoms with Gasteiger partial charge < -0.3 is 4.74 Å². The van der Waals surface area contributed by atoms with Gasteiger partial charge in [-0.2, -0.15) is 0 Å². The lowest BCUT2D eigenvalue weighted by molar-refractivity contribution is -0.110. The van der Waals surface area contributed by atoms with Crippen LogP contribution < -0.4 is 0 Å². The van der Waals surface area contributed by atoms with E-state index in [9.17, 15) is 9.59 Å². The molecule has 96 valence electrons. The molecule has 18 heavy (non-hydrogen) atoms. The molecule has 0 unspecified atom stereocenters. The second kappa shape index (κ2) is 3.25. The number of rotatable bonds is 0. The minimum absolute atomic E-state index is 0.0447. The number of likely N-dealkylation sites (tertiary alicyclic amines) is 1. The number of allylic oxidation sites excluding steroid dienone is 3. The van der Waals surface area contributed by atoms with E-state index < -0.39 is 5.60 Å². The average molecular weight is 247 g/mol. The summed E-state index contributed by atoms with van der Waals surface area (Å²) < 4.78 is 5.38. The van der Waals surface area contributed by atoms with E-state index in [1.54, 1.807) is 17.1 Å². The van der Waals surface area contributed by atoms with Gasteiger partial charge in [0.2, 0.25) is 0 Å². The minimum Gasteiger partial charge on any atom is -0.443 e. The van der Waals surface area contributed by atoms with Crippen LogP contribution in [0.4, 0.5) is 4.79 Å². The Bertz CT molecular complexity index is 498. The number of amides is 1. The lowest BCUT2D eigenvalue weighted by Gasteiger charge is -2.28. The lowest BCUT2D eigenvalue weighted by Crippen LogP contribution is -2.36. The monoisotopic (exact) mass is 247 g/mol. The Balaban J connectivity index is 1.84. The third-order valence-electron chi connectivity index (χ3n) is 3.76. The Labute approximate surface area is 106 Å². The van der Waals surface area contributed by atoms with Crippen molar-refractivity contribution in [2.75, 3.05) is 6.54 Å². The topological polar surface area (TPSA) is 46.6 Å². The maximum atomic E-state index is 12.1. The van der Waals surface area contributed by atoms with Crippen LogP contribution in [0.1, 0.15) is 27.2 Å². The summed E-state index contributed by atoms with van der Waals surface area (Å²) in [5.41, 5.74) is 0.269. The van der Waals surface area contributed by atoms with Crippen molar-refractivity contribution in [2.45, 2.75) is 32.8 Å². The van der Waals surface area contributed by atoms with Crippen LogP contribution in [0.3, 0.4) is 0 Å². The number of carbonyl (C=O) groups is 2. The quantitative estimate of drug-likeness (QED) is 0.659. The van der Waals surface area contributed by atoms with Crippen LogP contribution in [0, 0.1) is 11.3 Å². The normalized spacial score (nSPS) is 32.8. The lowest BCUT2D eigenvalue weighted by atomic mass is 9.95. The molecule has 1 aliphatic heterocycles. The molecule has 3 aliphatic rings. The van der Waals surface area contributed by atoms with E-state index in [1.807, 2.05) is 26.8 Å². The Morgan fingerprint density at radius 1 is 1.50 bits per heavy atom. The van der Waals surface area contributed by atoms with Crippen molar-refractivity contribution < 1.29 is 14.3 Å². The van der Waals surface area contributed by atoms with Crippen molar-refractivity contribution in [3.8, 4) is 0 Å². The summed E-state index contributed by atoms with van der Waals surface area (Å²) in [6.45, 7) is 6.20. The first kappa shape index (κ1) is 11.5. The first-order valence-corrected chi connectivity index (χ1v) is 6.28. The third-order valence-corrected chi connectivity index (χ3v) is 3.76. The van der Waals surface area contributed by atoms with Gasteiger partial charge in [-0.15, -0.1) is 0 Å². The predicted octanol–water partition coefficient (Wildman–Crippen LogP) is 2.27. The molecule has 2 aliphatic carbocycles. The maximum absolute atomic E-state index is 12.1. The van der Waals surface area contributed by atoms with Gasteiger partial charge in [-0.25, -0.2) is 4.79 Å². The largest absolute Gasteiger partial charge is 0.443 e. The number of ether oxygens (including phenoxy) is 1. The molecule has 1 heterocycles. The molecule has 0 bridgehead atoms. The van der Waals surface area contributed by atoms with E-state index in [1.165, 1.54) is 0 Å². The molecule has 2 fully saturated rings. The van der Waals surface area contributed by atoms with E-state index in [0.717, 1.165) is 12.1 Å². The van der Waals surface area contributed by atoms with Crippen LogP contribution >= 0.6 is 0 Å². The van der Waals surface area contributed by atoms with Crippen molar-refractivity contribution in [1.29, 1.82) is 0 Å². The van der Waals surface area contributed by atoms with E-state index in [0.29, 0.717) is 12.5 Å². The summed E-state index contributed by atoms with van der Waals surface area (Å²) in [5.74, 6) is 0.414. The molecule has 1 spiro atoms. The van der Waals surface area contributed by atoms with Crippen LogP contribution in [-0.4, -0.2) is 28.9 Å². The van der Waals surface area contributed by atoms with Crippen molar-refractivity contribution in [3.05, 3.63) is 23.9 Å². The molecule has 0 aromatic carbocycles. The molecule has 4 heteroatoms. The SMILES string of the molecule is CC(C)(C)OC(=O)N1C[C@H]2C[C@]23C=CC(=O)C=C13. The zero-order chi connectivity index (χ0) is 13.1. The van der Waals surface area contributed by atoms with E-state index in [4.69, 9.17) is 4.74 Å². The van der Waals surface area contributed by atoms with Gasteiger partial charge in [-0.3, -0.25) is 9.69 Å². The smallest absolute Gasteiger partial charge is 0.414 e. The van der Waals surface area contributed by atoms with Crippen LogP contribution in [-0.2, 0) is 9.53 Å². The van der Waals surface area contributed by atoms with Gasteiger partial charge in [0.25, 0.3) is 0 Å². The zero-order valence-electron chi connectivity index (χ0n) is 10.9. The summed E-state index contributed by atoms with van der Waals surface area (Å²) >= 11 is 0. The van der Waals surface area contributed by atoms with Gasteiger partial charge in [-0.05, 0) is 39.2 Å². The summed E-state index contributed by atoms with van der Waals surface area (Å²) in [5, 5.41) is 0. The number of hydrogen-bond acceptors (Lipinski definition) is 3. The maximum Gasteiger partial charge on any atom is 0.414 e. The Kier molecular flexibility index (Phi) is 2.08. The first-order chi connectivity index (χ1) is 8.32. The van der Waals surface area contributed by atoms with Crippen LogP contribution in [0.5, 0.6) is 0 Å². The van der Waals surface area contributed by atoms with Gasteiger partial charge in [0, 0.05) is 23.7 Å². The Morgan fingerprint density at radius 2 is 2.22 bits per heavy atom. The van der Waals surface area contributed by atoms with Crippen LogP contribution in [0.15, 0.2) is 23.9 Å². The molecule has 1 saturated heterocycles. The van der Waals surface area contributed by atoms with Crippen molar-refractivity contribution >= 4 is 11.9 Å². The van der Waals surface area contributed by atoms with Gasteiger partial charge in [0.1, 0.15) is 5.60 Å². The Morgan fingerprint density at radius 3 is 2.89 bits per heavy atom. The molecular formula is C14H17NO3. The summed E-state index contributed by atoms with van der Waals surface area (Å²) in [7, 11) is 0. The predicted molar refractivity (Wildman–Crippen MR) is 65.7 cm³/mol. The van der Waals surface area contributed by atoms with Crippen molar-refractivity contribution in [3.63, 3.8) is 0 Å².